The summed E-state index contributed by atoms with van der Waals surface area (Å²) in [4.78, 5) is 20.0. The Labute approximate surface area is 128 Å². The van der Waals surface area contributed by atoms with Gasteiger partial charge in [-0.05, 0) is 30.5 Å². The highest BCUT2D eigenvalue weighted by Gasteiger charge is 2.38. The van der Waals surface area contributed by atoms with E-state index in [2.05, 4.69) is 27.4 Å². The Hall–Kier alpha value is -1.94. The Kier molecular flexibility index (Phi) is 3.88. The first-order valence-corrected chi connectivity index (χ1v) is 7.38. The predicted molar refractivity (Wildman–Crippen MR) is 81.3 cm³/mol. The number of rotatable bonds is 4. The number of carbonyl (C=O) groups excluding carboxylic acids is 1. The van der Waals surface area contributed by atoms with Crippen LogP contribution < -0.4 is 5.32 Å². The zero-order valence-corrected chi connectivity index (χ0v) is 12.3. The number of benzene rings is 1. The van der Waals surface area contributed by atoms with Gasteiger partial charge in [0.1, 0.15) is 5.69 Å². The van der Waals surface area contributed by atoms with Crippen LogP contribution in [0.5, 0.6) is 0 Å². The van der Waals surface area contributed by atoms with Gasteiger partial charge in [0.25, 0.3) is 5.91 Å². The molecule has 0 radical (unpaired) electrons. The molecule has 1 heterocycles. The van der Waals surface area contributed by atoms with Crippen LogP contribution in [0.25, 0.3) is 0 Å². The lowest BCUT2D eigenvalue weighted by Gasteiger charge is -2.42. The maximum absolute atomic E-state index is 12.1. The number of amides is 1. The van der Waals surface area contributed by atoms with Gasteiger partial charge < -0.3 is 5.32 Å². The number of aromatic nitrogens is 2. The Balaban J connectivity index is 1.70. The van der Waals surface area contributed by atoms with Crippen LogP contribution in [-0.4, -0.2) is 22.4 Å². The van der Waals surface area contributed by atoms with E-state index in [0.717, 1.165) is 17.9 Å². The first-order valence-electron chi connectivity index (χ1n) is 7.00. The molecule has 3 rings (SSSR count). The zero-order chi connectivity index (χ0) is 14.7. The summed E-state index contributed by atoms with van der Waals surface area (Å²) in [6.07, 6.45) is 7.89. The second kappa shape index (κ2) is 5.82. The lowest BCUT2D eigenvalue weighted by Crippen LogP contribution is -2.45. The number of nitrogens with one attached hydrogen (secondary N) is 1. The van der Waals surface area contributed by atoms with Gasteiger partial charge in [-0.25, -0.2) is 4.98 Å². The Morgan fingerprint density at radius 1 is 1.24 bits per heavy atom. The van der Waals surface area contributed by atoms with Crippen LogP contribution in [0, 0.1) is 0 Å². The van der Waals surface area contributed by atoms with E-state index in [0.29, 0.717) is 12.2 Å². The van der Waals surface area contributed by atoms with Crippen molar-refractivity contribution >= 4 is 17.5 Å². The molecule has 0 atom stereocenters. The van der Waals surface area contributed by atoms with Gasteiger partial charge in [-0.15, -0.1) is 0 Å². The average Bonchev–Trinajstić information content (AvgIpc) is 2.48. The molecule has 21 heavy (non-hydrogen) atoms. The van der Waals surface area contributed by atoms with E-state index < -0.39 is 0 Å². The van der Waals surface area contributed by atoms with E-state index in [4.69, 9.17) is 11.6 Å². The minimum Gasteiger partial charge on any atom is -0.350 e. The van der Waals surface area contributed by atoms with Gasteiger partial charge in [-0.1, -0.05) is 30.2 Å². The summed E-state index contributed by atoms with van der Waals surface area (Å²) in [5, 5.41) is 3.71. The van der Waals surface area contributed by atoms with Crippen molar-refractivity contribution in [3.05, 3.63) is 59.1 Å². The molecule has 4 nitrogen and oxygen atoms in total. The molecule has 1 amide bonds. The predicted octanol–water partition coefficient (Wildman–Crippen LogP) is 2.98. The standard InChI is InChI=1S/C16H16ClN3O/c17-13-4-2-12(3-5-13)16(6-1-7-16)11-20-15(21)14-10-18-8-9-19-14/h2-5,8-10H,1,6-7,11H2,(H,20,21). The fourth-order valence-electron chi connectivity index (χ4n) is 2.73. The number of nitrogens with zero attached hydrogens (tertiary/aromatic N) is 2. The highest BCUT2D eigenvalue weighted by Crippen LogP contribution is 2.43. The van der Waals surface area contributed by atoms with Crippen molar-refractivity contribution in [1.29, 1.82) is 0 Å². The van der Waals surface area contributed by atoms with Gasteiger partial charge >= 0.3 is 0 Å². The van der Waals surface area contributed by atoms with E-state index >= 15 is 0 Å². The maximum atomic E-state index is 12.1. The van der Waals surface area contributed by atoms with Gasteiger partial charge in [0.15, 0.2) is 0 Å². The molecule has 0 unspecified atom stereocenters. The second-order valence-corrected chi connectivity index (χ2v) is 5.85. The van der Waals surface area contributed by atoms with Crippen LogP contribution in [-0.2, 0) is 5.41 Å². The van der Waals surface area contributed by atoms with Crippen LogP contribution in [0.1, 0.15) is 35.3 Å². The summed E-state index contributed by atoms with van der Waals surface area (Å²) in [7, 11) is 0. The molecule has 0 spiro atoms. The molecule has 1 N–H and O–H groups in total. The van der Waals surface area contributed by atoms with E-state index in [1.807, 2.05) is 12.1 Å². The van der Waals surface area contributed by atoms with Crippen LogP contribution in [0.2, 0.25) is 5.02 Å². The minimum atomic E-state index is -0.177. The summed E-state index contributed by atoms with van der Waals surface area (Å²) in [5.74, 6) is -0.177. The highest BCUT2D eigenvalue weighted by atomic mass is 35.5. The average molecular weight is 302 g/mol. The lowest BCUT2D eigenvalue weighted by atomic mass is 9.64. The molecule has 0 aliphatic heterocycles. The maximum Gasteiger partial charge on any atom is 0.271 e. The van der Waals surface area contributed by atoms with Gasteiger partial charge in [0.05, 0.1) is 6.20 Å². The molecule has 108 valence electrons. The quantitative estimate of drug-likeness (QED) is 0.944. The van der Waals surface area contributed by atoms with Crippen LogP contribution >= 0.6 is 11.6 Å². The number of hydrogen-bond donors (Lipinski definition) is 1. The molecule has 1 saturated carbocycles. The van der Waals surface area contributed by atoms with Crippen LogP contribution in [0.3, 0.4) is 0 Å². The van der Waals surface area contributed by atoms with Crippen LogP contribution in [0.4, 0.5) is 0 Å². The molecule has 2 aromatic rings. The third kappa shape index (κ3) is 2.90. The molecule has 1 aliphatic carbocycles. The summed E-state index contributed by atoms with van der Waals surface area (Å²) < 4.78 is 0. The zero-order valence-electron chi connectivity index (χ0n) is 11.6. The molecule has 1 aliphatic rings. The summed E-state index contributed by atoms with van der Waals surface area (Å²) in [6.45, 7) is 0.615. The number of halogens is 1. The van der Waals surface area contributed by atoms with E-state index in [-0.39, 0.29) is 11.3 Å². The number of hydrogen-bond acceptors (Lipinski definition) is 3. The third-order valence-corrected chi connectivity index (χ3v) is 4.40. The molecule has 1 aromatic heterocycles. The molecular weight excluding hydrogens is 286 g/mol. The minimum absolute atomic E-state index is 0.0302. The van der Waals surface area contributed by atoms with E-state index in [9.17, 15) is 4.79 Å². The van der Waals surface area contributed by atoms with Crippen LogP contribution in [0.15, 0.2) is 42.9 Å². The van der Waals surface area contributed by atoms with Crippen molar-refractivity contribution in [2.24, 2.45) is 0 Å². The fraction of sp³-hybridized carbons (Fsp3) is 0.312. The number of carbonyl (C=O) groups is 1. The molecule has 1 fully saturated rings. The van der Waals surface area contributed by atoms with E-state index in [1.165, 1.54) is 24.4 Å². The smallest absolute Gasteiger partial charge is 0.271 e. The monoisotopic (exact) mass is 301 g/mol. The van der Waals surface area contributed by atoms with Gasteiger partial charge in [-0.2, -0.15) is 0 Å². The first-order chi connectivity index (χ1) is 10.2. The fourth-order valence-corrected chi connectivity index (χ4v) is 2.86. The highest BCUT2D eigenvalue weighted by molar-refractivity contribution is 6.30. The van der Waals surface area contributed by atoms with E-state index in [1.54, 1.807) is 6.20 Å². The first kappa shape index (κ1) is 14.0. The van der Waals surface area contributed by atoms with Crippen molar-refractivity contribution in [1.82, 2.24) is 15.3 Å². The van der Waals surface area contributed by atoms with Crippen molar-refractivity contribution in [3.8, 4) is 0 Å². The Morgan fingerprint density at radius 3 is 2.57 bits per heavy atom. The molecule has 0 bridgehead atoms. The van der Waals surface area contributed by atoms with Gasteiger partial charge in [-0.3, -0.25) is 9.78 Å². The van der Waals surface area contributed by atoms with Crippen molar-refractivity contribution in [2.45, 2.75) is 24.7 Å². The summed E-state index contributed by atoms with van der Waals surface area (Å²) >= 11 is 5.95. The van der Waals surface area contributed by atoms with Crippen molar-refractivity contribution in [3.63, 3.8) is 0 Å². The Morgan fingerprint density at radius 2 is 2.00 bits per heavy atom. The topological polar surface area (TPSA) is 54.9 Å². The Bertz CT molecular complexity index is 624. The SMILES string of the molecule is O=C(NCC1(c2ccc(Cl)cc2)CCC1)c1cnccn1. The second-order valence-electron chi connectivity index (χ2n) is 5.41. The molecule has 0 saturated heterocycles. The van der Waals surface area contributed by atoms with Gasteiger partial charge in [0.2, 0.25) is 0 Å². The summed E-state index contributed by atoms with van der Waals surface area (Å²) in [6, 6.07) is 7.91. The molecule has 1 aromatic carbocycles. The van der Waals surface area contributed by atoms with Crippen molar-refractivity contribution in [2.75, 3.05) is 6.54 Å². The normalized spacial score (nSPS) is 16.0. The molecule has 5 heteroatoms. The lowest BCUT2D eigenvalue weighted by molar-refractivity contribution is 0.0922. The van der Waals surface area contributed by atoms with Crippen molar-refractivity contribution < 1.29 is 4.79 Å². The third-order valence-electron chi connectivity index (χ3n) is 4.15. The molecular formula is C16H16ClN3O. The summed E-state index contributed by atoms with van der Waals surface area (Å²) in [5.41, 5.74) is 1.61. The largest absolute Gasteiger partial charge is 0.350 e. The van der Waals surface area contributed by atoms with Gasteiger partial charge in [0, 0.05) is 29.4 Å².